The molecule has 3 nitrogen and oxygen atoms in total. The summed E-state index contributed by atoms with van der Waals surface area (Å²) in [6.07, 6.45) is 2.62. The second-order valence-corrected chi connectivity index (χ2v) is 4.50. The smallest absolute Gasteiger partial charge is 0.118 e. The maximum Gasteiger partial charge on any atom is 0.118 e. The second-order valence-electron chi connectivity index (χ2n) is 4.50. The van der Waals surface area contributed by atoms with Crippen LogP contribution < -0.4 is 5.32 Å². The van der Waals surface area contributed by atoms with E-state index in [1.54, 1.807) is 0 Å². The molecule has 1 fully saturated rings. The van der Waals surface area contributed by atoms with Crippen LogP contribution in [0.2, 0.25) is 0 Å². The number of nitrogens with one attached hydrogen (secondary N) is 1. The van der Waals surface area contributed by atoms with E-state index in [9.17, 15) is 0 Å². The van der Waals surface area contributed by atoms with E-state index in [1.807, 2.05) is 13.0 Å². The van der Waals surface area contributed by atoms with E-state index in [2.05, 4.69) is 23.3 Å². The van der Waals surface area contributed by atoms with Gasteiger partial charge < -0.3 is 9.73 Å². The predicted molar refractivity (Wildman–Crippen MR) is 60.8 cm³/mol. The van der Waals surface area contributed by atoms with Crippen molar-refractivity contribution in [3.63, 3.8) is 0 Å². The molecule has 0 amide bonds. The zero-order valence-corrected chi connectivity index (χ0v) is 9.62. The first-order valence-corrected chi connectivity index (χ1v) is 5.71. The number of likely N-dealkylation sites (N-methyl/N-ethyl adjacent to an activating group) is 1. The van der Waals surface area contributed by atoms with Crippen LogP contribution in [0.1, 0.15) is 24.4 Å². The van der Waals surface area contributed by atoms with E-state index in [0.717, 1.165) is 24.6 Å². The highest BCUT2D eigenvalue weighted by atomic mass is 16.3. The molecule has 0 bridgehead atoms. The number of aryl methyl sites for hydroxylation is 1. The van der Waals surface area contributed by atoms with Gasteiger partial charge >= 0.3 is 0 Å². The van der Waals surface area contributed by atoms with E-state index in [-0.39, 0.29) is 0 Å². The molecule has 2 heterocycles. The molecular formula is C12H20N2O. The van der Waals surface area contributed by atoms with Crippen LogP contribution in [0, 0.1) is 6.92 Å². The molecule has 3 heteroatoms. The Morgan fingerprint density at radius 2 is 2.40 bits per heavy atom. The van der Waals surface area contributed by atoms with Crippen LogP contribution in [0.5, 0.6) is 0 Å². The zero-order valence-electron chi connectivity index (χ0n) is 9.62. The summed E-state index contributed by atoms with van der Waals surface area (Å²) in [7, 11) is 2.15. The highest BCUT2D eigenvalue weighted by molar-refractivity contribution is 5.05. The zero-order chi connectivity index (χ0) is 10.7. The molecular weight excluding hydrogens is 188 g/mol. The molecule has 2 rings (SSSR count). The average Bonchev–Trinajstić information content (AvgIpc) is 2.77. The van der Waals surface area contributed by atoms with Crippen LogP contribution in [0.3, 0.4) is 0 Å². The van der Waals surface area contributed by atoms with Gasteiger partial charge in [0.05, 0.1) is 6.54 Å². The van der Waals surface area contributed by atoms with Crippen LogP contribution in [0.25, 0.3) is 0 Å². The summed E-state index contributed by atoms with van der Waals surface area (Å²) in [4.78, 5) is 2.32. The molecule has 0 aliphatic carbocycles. The third-order valence-electron chi connectivity index (χ3n) is 2.92. The minimum Gasteiger partial charge on any atom is -0.465 e. The van der Waals surface area contributed by atoms with Crippen LogP contribution in [-0.4, -0.2) is 31.1 Å². The van der Waals surface area contributed by atoms with E-state index in [1.165, 1.54) is 19.4 Å². The normalized spacial score (nSPS) is 21.4. The number of furan rings is 1. The fraction of sp³-hybridized carbons (Fsp3) is 0.667. The van der Waals surface area contributed by atoms with E-state index >= 15 is 0 Å². The van der Waals surface area contributed by atoms with Crippen LogP contribution >= 0.6 is 0 Å². The SMILES string of the molecule is Cc1ccc(CN(C)CC2CCCN2)o1. The molecule has 1 unspecified atom stereocenters. The summed E-state index contributed by atoms with van der Waals surface area (Å²) in [5.41, 5.74) is 0. The Morgan fingerprint density at radius 1 is 1.53 bits per heavy atom. The van der Waals surface area contributed by atoms with Crippen LogP contribution in [-0.2, 0) is 6.54 Å². The molecule has 0 radical (unpaired) electrons. The van der Waals surface area contributed by atoms with Crippen molar-refractivity contribution in [3.8, 4) is 0 Å². The monoisotopic (exact) mass is 208 g/mol. The lowest BCUT2D eigenvalue weighted by Gasteiger charge is -2.19. The molecule has 1 atom stereocenters. The summed E-state index contributed by atoms with van der Waals surface area (Å²) in [5, 5.41) is 3.51. The van der Waals surface area contributed by atoms with E-state index < -0.39 is 0 Å². The lowest BCUT2D eigenvalue weighted by atomic mass is 10.2. The van der Waals surface area contributed by atoms with Gasteiger partial charge in [0.15, 0.2) is 0 Å². The maximum atomic E-state index is 5.56. The molecule has 1 aromatic rings. The fourth-order valence-corrected chi connectivity index (χ4v) is 2.19. The second kappa shape index (κ2) is 4.81. The van der Waals surface area contributed by atoms with Gasteiger partial charge in [-0.15, -0.1) is 0 Å². The first-order chi connectivity index (χ1) is 7.24. The topological polar surface area (TPSA) is 28.4 Å². The Labute approximate surface area is 91.4 Å². The van der Waals surface area contributed by atoms with Crippen molar-refractivity contribution in [2.24, 2.45) is 0 Å². The van der Waals surface area contributed by atoms with Gasteiger partial charge in [0, 0.05) is 12.6 Å². The molecule has 15 heavy (non-hydrogen) atoms. The Balaban J connectivity index is 1.78. The van der Waals surface area contributed by atoms with Gasteiger partial charge in [0.2, 0.25) is 0 Å². The summed E-state index contributed by atoms with van der Waals surface area (Å²) in [6, 6.07) is 4.76. The summed E-state index contributed by atoms with van der Waals surface area (Å²) in [5.74, 6) is 2.06. The van der Waals surface area contributed by atoms with Crippen molar-refractivity contribution in [3.05, 3.63) is 23.7 Å². The standard InChI is InChI=1S/C12H20N2O/c1-10-5-6-12(15-10)9-14(2)8-11-4-3-7-13-11/h5-6,11,13H,3-4,7-9H2,1-2H3. The molecule has 0 spiro atoms. The molecule has 1 aliphatic rings. The summed E-state index contributed by atoms with van der Waals surface area (Å²) < 4.78 is 5.56. The molecule has 1 saturated heterocycles. The van der Waals surface area contributed by atoms with Gasteiger partial charge in [0.1, 0.15) is 11.5 Å². The van der Waals surface area contributed by atoms with Gasteiger partial charge in [-0.1, -0.05) is 0 Å². The predicted octanol–water partition coefficient (Wildman–Crippen LogP) is 1.77. The first kappa shape index (κ1) is 10.7. The minimum absolute atomic E-state index is 0.672. The lowest BCUT2D eigenvalue weighted by Crippen LogP contribution is -2.34. The fourth-order valence-electron chi connectivity index (χ4n) is 2.19. The maximum absolute atomic E-state index is 5.56. The van der Waals surface area contributed by atoms with Gasteiger partial charge in [-0.2, -0.15) is 0 Å². The summed E-state index contributed by atoms with van der Waals surface area (Å²) >= 11 is 0. The molecule has 1 aliphatic heterocycles. The lowest BCUT2D eigenvalue weighted by molar-refractivity contribution is 0.267. The first-order valence-electron chi connectivity index (χ1n) is 5.71. The van der Waals surface area contributed by atoms with Crippen molar-refractivity contribution >= 4 is 0 Å². The third-order valence-corrected chi connectivity index (χ3v) is 2.92. The highest BCUT2D eigenvalue weighted by Gasteiger charge is 2.16. The van der Waals surface area contributed by atoms with Crippen LogP contribution in [0.4, 0.5) is 0 Å². The van der Waals surface area contributed by atoms with Gasteiger partial charge in [-0.05, 0) is 45.5 Å². The van der Waals surface area contributed by atoms with E-state index in [0.29, 0.717) is 6.04 Å². The number of rotatable bonds is 4. The average molecular weight is 208 g/mol. The molecule has 1 N–H and O–H groups in total. The minimum atomic E-state index is 0.672. The van der Waals surface area contributed by atoms with Crippen molar-refractivity contribution in [2.75, 3.05) is 20.1 Å². The van der Waals surface area contributed by atoms with Crippen molar-refractivity contribution in [1.82, 2.24) is 10.2 Å². The number of hydrogen-bond donors (Lipinski definition) is 1. The quantitative estimate of drug-likeness (QED) is 0.817. The highest BCUT2D eigenvalue weighted by Crippen LogP contribution is 2.11. The van der Waals surface area contributed by atoms with Gasteiger partial charge in [-0.3, -0.25) is 4.90 Å². The number of hydrogen-bond acceptors (Lipinski definition) is 3. The van der Waals surface area contributed by atoms with Crippen molar-refractivity contribution in [2.45, 2.75) is 32.4 Å². The molecule has 1 aromatic heterocycles. The van der Waals surface area contributed by atoms with Crippen molar-refractivity contribution in [1.29, 1.82) is 0 Å². The Hall–Kier alpha value is -0.800. The summed E-state index contributed by atoms with van der Waals surface area (Å²) in [6.45, 7) is 5.19. The molecule has 0 aromatic carbocycles. The Kier molecular flexibility index (Phi) is 3.44. The largest absolute Gasteiger partial charge is 0.465 e. The Morgan fingerprint density at radius 3 is 3.00 bits per heavy atom. The third kappa shape index (κ3) is 3.08. The Bertz CT molecular complexity index is 302. The number of nitrogens with zero attached hydrogens (tertiary/aromatic N) is 1. The molecule has 0 saturated carbocycles. The van der Waals surface area contributed by atoms with E-state index in [4.69, 9.17) is 4.42 Å². The molecule has 84 valence electrons. The van der Waals surface area contributed by atoms with Gasteiger partial charge in [-0.25, -0.2) is 0 Å². The van der Waals surface area contributed by atoms with Gasteiger partial charge in [0.25, 0.3) is 0 Å². The van der Waals surface area contributed by atoms with Crippen molar-refractivity contribution < 1.29 is 4.42 Å². The van der Waals surface area contributed by atoms with Crippen LogP contribution in [0.15, 0.2) is 16.5 Å².